The number of benzene rings is 1. The molecule has 4 aromatic rings. The fourth-order valence-electron chi connectivity index (χ4n) is 2.37. The summed E-state index contributed by atoms with van der Waals surface area (Å²) in [5, 5.41) is 18.2. The zero-order chi connectivity index (χ0) is 15.8. The molecule has 0 saturated carbocycles. The van der Waals surface area contributed by atoms with Gasteiger partial charge in [0.1, 0.15) is 23.8 Å². The Labute approximate surface area is 130 Å². The molecule has 8 nitrogen and oxygen atoms in total. The molecule has 0 bridgehead atoms. The van der Waals surface area contributed by atoms with Crippen molar-refractivity contribution in [3.8, 4) is 17.6 Å². The number of nitriles is 1. The SMILES string of the molecule is N#Cc1cnn(-c2ncnc3c2cnn3-c2ccccc2)c1N. The molecule has 0 aliphatic heterocycles. The second-order valence-corrected chi connectivity index (χ2v) is 4.79. The molecule has 110 valence electrons. The fourth-order valence-corrected chi connectivity index (χ4v) is 2.37. The largest absolute Gasteiger partial charge is 0.382 e. The number of nitrogens with zero attached hydrogens (tertiary/aromatic N) is 7. The standard InChI is InChI=1S/C15H10N8/c16-6-10-7-20-23(13(10)17)15-12-8-21-22(14(12)18-9-19-15)11-4-2-1-3-5-11/h1-5,7-9H,17H2. The van der Waals surface area contributed by atoms with Crippen molar-refractivity contribution >= 4 is 16.9 Å². The highest BCUT2D eigenvalue weighted by Crippen LogP contribution is 2.23. The lowest BCUT2D eigenvalue weighted by molar-refractivity contribution is 0.857. The van der Waals surface area contributed by atoms with Crippen molar-refractivity contribution in [2.75, 3.05) is 5.73 Å². The van der Waals surface area contributed by atoms with Gasteiger partial charge in [-0.2, -0.15) is 20.1 Å². The van der Waals surface area contributed by atoms with E-state index in [0.29, 0.717) is 22.4 Å². The summed E-state index contributed by atoms with van der Waals surface area (Å²) in [6, 6.07) is 11.6. The Kier molecular flexibility index (Phi) is 2.78. The van der Waals surface area contributed by atoms with Crippen LogP contribution in [0.25, 0.3) is 22.5 Å². The van der Waals surface area contributed by atoms with Crippen LogP contribution in [0.2, 0.25) is 0 Å². The Hall–Kier alpha value is -3.73. The van der Waals surface area contributed by atoms with E-state index in [9.17, 15) is 0 Å². The minimum Gasteiger partial charge on any atom is -0.382 e. The number of nitrogens with two attached hydrogens (primary N) is 1. The molecule has 0 fully saturated rings. The topological polar surface area (TPSA) is 111 Å². The first-order valence-corrected chi connectivity index (χ1v) is 6.77. The van der Waals surface area contributed by atoms with Crippen LogP contribution in [0.4, 0.5) is 5.82 Å². The highest BCUT2D eigenvalue weighted by Gasteiger charge is 2.16. The highest BCUT2D eigenvalue weighted by molar-refractivity contribution is 5.83. The van der Waals surface area contributed by atoms with Crippen LogP contribution in [-0.4, -0.2) is 29.5 Å². The van der Waals surface area contributed by atoms with Gasteiger partial charge in [0, 0.05) is 0 Å². The molecule has 0 amide bonds. The molecule has 23 heavy (non-hydrogen) atoms. The van der Waals surface area contributed by atoms with Crippen LogP contribution < -0.4 is 5.73 Å². The number of anilines is 1. The second-order valence-electron chi connectivity index (χ2n) is 4.79. The van der Waals surface area contributed by atoms with E-state index in [0.717, 1.165) is 5.69 Å². The molecule has 8 heteroatoms. The highest BCUT2D eigenvalue weighted by atomic mass is 15.4. The monoisotopic (exact) mass is 302 g/mol. The molecule has 0 unspecified atom stereocenters. The average molecular weight is 302 g/mol. The first-order valence-electron chi connectivity index (χ1n) is 6.77. The Morgan fingerprint density at radius 3 is 2.52 bits per heavy atom. The number of hydrogen-bond acceptors (Lipinski definition) is 6. The smallest absolute Gasteiger partial charge is 0.170 e. The lowest BCUT2D eigenvalue weighted by Gasteiger charge is -2.05. The fraction of sp³-hybridized carbons (Fsp3) is 0. The summed E-state index contributed by atoms with van der Waals surface area (Å²) in [5.74, 6) is 0.719. The lowest BCUT2D eigenvalue weighted by Crippen LogP contribution is -2.06. The van der Waals surface area contributed by atoms with Crippen LogP contribution >= 0.6 is 0 Å². The van der Waals surface area contributed by atoms with Gasteiger partial charge in [-0.15, -0.1) is 0 Å². The van der Waals surface area contributed by atoms with E-state index in [4.69, 9.17) is 11.0 Å². The summed E-state index contributed by atoms with van der Waals surface area (Å²) >= 11 is 0. The summed E-state index contributed by atoms with van der Waals surface area (Å²) < 4.78 is 3.13. The van der Waals surface area contributed by atoms with Crippen LogP contribution in [-0.2, 0) is 0 Å². The Morgan fingerprint density at radius 2 is 1.78 bits per heavy atom. The van der Waals surface area contributed by atoms with Crippen LogP contribution in [0.15, 0.2) is 49.1 Å². The molecule has 0 radical (unpaired) electrons. The predicted molar refractivity (Wildman–Crippen MR) is 82.9 cm³/mol. The second kappa shape index (κ2) is 4.92. The summed E-state index contributed by atoms with van der Waals surface area (Å²) in [6.07, 6.45) is 4.49. The van der Waals surface area contributed by atoms with Crippen molar-refractivity contribution in [2.45, 2.75) is 0 Å². The molecular formula is C15H10N8. The van der Waals surface area contributed by atoms with Gasteiger partial charge in [-0.05, 0) is 12.1 Å². The molecule has 0 aliphatic carbocycles. The van der Waals surface area contributed by atoms with Crippen molar-refractivity contribution in [3.63, 3.8) is 0 Å². The molecule has 1 aromatic carbocycles. The number of nitrogen functional groups attached to an aromatic ring is 1. The van der Waals surface area contributed by atoms with Crippen LogP contribution in [0.3, 0.4) is 0 Å². The minimum absolute atomic E-state index is 0.236. The first-order chi connectivity index (χ1) is 11.3. The maximum atomic E-state index is 9.01. The normalized spacial score (nSPS) is 10.7. The van der Waals surface area contributed by atoms with Gasteiger partial charge >= 0.3 is 0 Å². The Bertz CT molecular complexity index is 1040. The predicted octanol–water partition coefficient (Wildman–Crippen LogP) is 1.46. The van der Waals surface area contributed by atoms with Crippen LogP contribution in [0.1, 0.15) is 5.56 Å². The number of fused-ring (bicyclic) bond motifs is 1. The third kappa shape index (κ3) is 1.91. The van der Waals surface area contributed by atoms with Crippen molar-refractivity contribution in [2.24, 2.45) is 0 Å². The summed E-state index contributed by atoms with van der Waals surface area (Å²) in [6.45, 7) is 0. The van der Waals surface area contributed by atoms with Gasteiger partial charge in [-0.1, -0.05) is 18.2 Å². The van der Waals surface area contributed by atoms with E-state index in [1.165, 1.54) is 17.2 Å². The zero-order valence-electron chi connectivity index (χ0n) is 11.8. The molecule has 4 rings (SSSR count). The molecule has 3 heterocycles. The van der Waals surface area contributed by atoms with E-state index in [1.54, 1.807) is 10.9 Å². The minimum atomic E-state index is 0.236. The molecular weight excluding hydrogens is 292 g/mol. The summed E-state index contributed by atoms with van der Waals surface area (Å²) in [4.78, 5) is 8.54. The molecule has 0 atom stereocenters. The maximum Gasteiger partial charge on any atom is 0.170 e. The average Bonchev–Trinajstić information content (AvgIpc) is 3.19. The first kappa shape index (κ1) is 13.0. The van der Waals surface area contributed by atoms with Crippen LogP contribution in [0.5, 0.6) is 0 Å². The van der Waals surface area contributed by atoms with Gasteiger partial charge in [-0.3, -0.25) is 0 Å². The van der Waals surface area contributed by atoms with Crippen molar-refractivity contribution in [1.29, 1.82) is 5.26 Å². The van der Waals surface area contributed by atoms with Gasteiger partial charge in [0.25, 0.3) is 0 Å². The number of para-hydroxylation sites is 1. The maximum absolute atomic E-state index is 9.01. The molecule has 0 spiro atoms. The Balaban J connectivity index is 1.95. The van der Waals surface area contributed by atoms with Crippen molar-refractivity contribution < 1.29 is 0 Å². The quantitative estimate of drug-likeness (QED) is 0.600. The third-order valence-corrected chi connectivity index (χ3v) is 3.47. The molecule has 3 aromatic heterocycles. The zero-order valence-corrected chi connectivity index (χ0v) is 11.8. The van der Waals surface area contributed by atoms with E-state index >= 15 is 0 Å². The number of rotatable bonds is 2. The Morgan fingerprint density at radius 1 is 1.00 bits per heavy atom. The molecule has 0 saturated heterocycles. The summed E-state index contributed by atoms with van der Waals surface area (Å²) in [7, 11) is 0. The van der Waals surface area contributed by atoms with E-state index < -0.39 is 0 Å². The summed E-state index contributed by atoms with van der Waals surface area (Å²) in [5.41, 5.74) is 7.76. The van der Waals surface area contributed by atoms with Gasteiger partial charge in [0.15, 0.2) is 11.5 Å². The van der Waals surface area contributed by atoms with Gasteiger partial charge in [-0.25, -0.2) is 14.6 Å². The number of hydrogen-bond donors (Lipinski definition) is 1. The molecule has 2 N–H and O–H groups in total. The van der Waals surface area contributed by atoms with E-state index in [1.807, 2.05) is 36.4 Å². The van der Waals surface area contributed by atoms with E-state index in [2.05, 4.69) is 20.2 Å². The number of aromatic nitrogens is 6. The lowest BCUT2D eigenvalue weighted by atomic mass is 10.3. The van der Waals surface area contributed by atoms with E-state index in [-0.39, 0.29) is 5.82 Å². The van der Waals surface area contributed by atoms with Crippen molar-refractivity contribution in [3.05, 3.63) is 54.6 Å². The van der Waals surface area contributed by atoms with Gasteiger partial charge in [0.2, 0.25) is 0 Å². The van der Waals surface area contributed by atoms with Gasteiger partial charge < -0.3 is 5.73 Å². The van der Waals surface area contributed by atoms with Crippen LogP contribution in [0, 0.1) is 11.3 Å². The third-order valence-electron chi connectivity index (χ3n) is 3.47. The van der Waals surface area contributed by atoms with Gasteiger partial charge in [0.05, 0.1) is 23.5 Å². The van der Waals surface area contributed by atoms with Crippen molar-refractivity contribution in [1.82, 2.24) is 29.5 Å². The molecule has 0 aliphatic rings.